The molecule has 19 heavy (non-hydrogen) atoms. The van der Waals surface area contributed by atoms with Gasteiger partial charge in [0.25, 0.3) is 0 Å². The summed E-state index contributed by atoms with van der Waals surface area (Å²) in [5, 5.41) is 2.30. The minimum atomic E-state index is -0.758. The number of ketones is 1. The number of amides is 1. The maximum atomic E-state index is 13.4. The first-order chi connectivity index (χ1) is 8.99. The van der Waals surface area contributed by atoms with Gasteiger partial charge < -0.3 is 5.32 Å². The molecule has 102 valence electrons. The molecule has 1 fully saturated rings. The summed E-state index contributed by atoms with van der Waals surface area (Å²) in [6.07, 6.45) is 2.03. The monoisotopic (exact) mass is 267 g/mol. The number of rotatable bonds is 2. The third-order valence-electron chi connectivity index (χ3n) is 3.46. The third kappa shape index (κ3) is 2.97. The SMILES string of the molecule is CC1CCCC(C(=O)Nc2cc(F)ccc2F)C1=O. The minimum absolute atomic E-state index is 0.124. The van der Waals surface area contributed by atoms with Gasteiger partial charge in [0.15, 0.2) is 0 Å². The number of Topliss-reactive ketones (excluding diaryl/α,β-unsaturated/α-hetero) is 1. The Hall–Kier alpha value is -1.78. The summed E-state index contributed by atoms with van der Waals surface area (Å²) >= 11 is 0. The molecule has 0 radical (unpaired) electrons. The Morgan fingerprint density at radius 1 is 1.32 bits per heavy atom. The van der Waals surface area contributed by atoms with E-state index in [1.807, 2.05) is 0 Å². The highest BCUT2D eigenvalue weighted by molar-refractivity contribution is 6.08. The van der Waals surface area contributed by atoms with Crippen molar-refractivity contribution in [1.29, 1.82) is 0 Å². The fourth-order valence-corrected chi connectivity index (χ4v) is 2.33. The second kappa shape index (κ2) is 5.47. The van der Waals surface area contributed by atoms with E-state index in [1.165, 1.54) is 0 Å². The Balaban J connectivity index is 2.12. The minimum Gasteiger partial charge on any atom is -0.323 e. The second-order valence-electron chi connectivity index (χ2n) is 4.90. The number of carbonyl (C=O) groups excluding carboxylic acids is 2. The number of halogens is 2. The molecule has 1 aliphatic carbocycles. The zero-order chi connectivity index (χ0) is 14.0. The van der Waals surface area contributed by atoms with Crippen LogP contribution in [0.1, 0.15) is 26.2 Å². The molecule has 0 aromatic heterocycles. The van der Waals surface area contributed by atoms with E-state index in [9.17, 15) is 18.4 Å². The fourth-order valence-electron chi connectivity index (χ4n) is 2.33. The second-order valence-corrected chi connectivity index (χ2v) is 4.90. The molecule has 2 rings (SSSR count). The van der Waals surface area contributed by atoms with E-state index in [4.69, 9.17) is 0 Å². The van der Waals surface area contributed by atoms with E-state index in [0.717, 1.165) is 31.0 Å². The Morgan fingerprint density at radius 3 is 2.79 bits per heavy atom. The van der Waals surface area contributed by atoms with Crippen LogP contribution in [-0.2, 0) is 9.59 Å². The summed E-state index contributed by atoms with van der Waals surface area (Å²) in [5.74, 6) is -2.94. The molecule has 0 spiro atoms. The van der Waals surface area contributed by atoms with Crippen molar-refractivity contribution >= 4 is 17.4 Å². The van der Waals surface area contributed by atoms with Crippen LogP contribution in [0.2, 0.25) is 0 Å². The van der Waals surface area contributed by atoms with Gasteiger partial charge >= 0.3 is 0 Å². The molecule has 0 bridgehead atoms. The number of anilines is 1. The first-order valence-electron chi connectivity index (χ1n) is 6.28. The molecule has 5 heteroatoms. The zero-order valence-corrected chi connectivity index (χ0v) is 10.6. The van der Waals surface area contributed by atoms with Crippen LogP contribution in [0.4, 0.5) is 14.5 Å². The highest BCUT2D eigenvalue weighted by Crippen LogP contribution is 2.27. The number of nitrogens with one attached hydrogen (secondary N) is 1. The van der Waals surface area contributed by atoms with Crippen molar-refractivity contribution in [3.63, 3.8) is 0 Å². The van der Waals surface area contributed by atoms with Crippen molar-refractivity contribution in [2.45, 2.75) is 26.2 Å². The summed E-state index contributed by atoms with van der Waals surface area (Å²) < 4.78 is 26.4. The van der Waals surface area contributed by atoms with Gasteiger partial charge in [-0.05, 0) is 25.0 Å². The molecule has 0 saturated heterocycles. The number of benzene rings is 1. The van der Waals surface area contributed by atoms with Crippen LogP contribution in [0.3, 0.4) is 0 Å². The molecular formula is C14H15F2NO2. The van der Waals surface area contributed by atoms with Gasteiger partial charge in [0, 0.05) is 12.0 Å². The molecule has 1 aromatic rings. The molecule has 2 atom stereocenters. The van der Waals surface area contributed by atoms with Gasteiger partial charge in [-0.15, -0.1) is 0 Å². The smallest absolute Gasteiger partial charge is 0.235 e. The van der Waals surface area contributed by atoms with Crippen molar-refractivity contribution in [2.75, 3.05) is 5.32 Å². The van der Waals surface area contributed by atoms with Crippen molar-refractivity contribution in [3.8, 4) is 0 Å². The van der Waals surface area contributed by atoms with Crippen molar-refractivity contribution in [2.24, 2.45) is 11.8 Å². The predicted molar refractivity (Wildman–Crippen MR) is 66.5 cm³/mol. The van der Waals surface area contributed by atoms with E-state index < -0.39 is 23.5 Å². The Morgan fingerprint density at radius 2 is 2.05 bits per heavy atom. The summed E-state index contributed by atoms with van der Waals surface area (Å²) in [5.41, 5.74) is -0.226. The number of carbonyl (C=O) groups is 2. The van der Waals surface area contributed by atoms with E-state index in [1.54, 1.807) is 6.92 Å². The molecule has 3 nitrogen and oxygen atoms in total. The Bertz CT molecular complexity index is 516. The average Bonchev–Trinajstić information content (AvgIpc) is 2.37. The summed E-state index contributed by atoms with van der Waals surface area (Å²) in [7, 11) is 0. The van der Waals surface area contributed by atoms with Crippen molar-refractivity contribution in [1.82, 2.24) is 0 Å². The lowest BCUT2D eigenvalue weighted by molar-refractivity contribution is -0.135. The average molecular weight is 267 g/mol. The summed E-state index contributed by atoms with van der Waals surface area (Å²) in [6, 6.07) is 2.82. The fraction of sp³-hybridized carbons (Fsp3) is 0.429. The first kappa shape index (κ1) is 13.6. The van der Waals surface area contributed by atoms with Crippen LogP contribution in [0.15, 0.2) is 18.2 Å². The van der Waals surface area contributed by atoms with Crippen LogP contribution < -0.4 is 5.32 Å². The first-order valence-corrected chi connectivity index (χ1v) is 6.28. The lowest BCUT2D eigenvalue weighted by Crippen LogP contribution is -2.36. The Kier molecular flexibility index (Phi) is 3.93. The van der Waals surface area contributed by atoms with Crippen molar-refractivity contribution < 1.29 is 18.4 Å². The highest BCUT2D eigenvalue weighted by atomic mass is 19.1. The van der Waals surface area contributed by atoms with Gasteiger partial charge in [-0.1, -0.05) is 13.3 Å². The number of hydrogen-bond acceptors (Lipinski definition) is 2. The molecule has 1 saturated carbocycles. The standard InChI is InChI=1S/C14H15F2NO2/c1-8-3-2-4-10(13(8)18)14(19)17-12-7-9(15)5-6-11(12)16/h5-8,10H,2-4H2,1H3,(H,17,19). The lowest BCUT2D eigenvalue weighted by Gasteiger charge is -2.24. The van der Waals surface area contributed by atoms with E-state index in [-0.39, 0.29) is 17.4 Å². The van der Waals surface area contributed by atoms with Crippen LogP contribution in [-0.4, -0.2) is 11.7 Å². The molecule has 2 unspecified atom stereocenters. The van der Waals surface area contributed by atoms with Gasteiger partial charge in [0.2, 0.25) is 5.91 Å². The van der Waals surface area contributed by atoms with Gasteiger partial charge in [0.1, 0.15) is 17.4 Å². The van der Waals surface area contributed by atoms with E-state index >= 15 is 0 Å². The third-order valence-corrected chi connectivity index (χ3v) is 3.46. The van der Waals surface area contributed by atoms with E-state index in [0.29, 0.717) is 6.42 Å². The maximum Gasteiger partial charge on any atom is 0.235 e. The van der Waals surface area contributed by atoms with Crippen LogP contribution in [0.25, 0.3) is 0 Å². The highest BCUT2D eigenvalue weighted by Gasteiger charge is 2.33. The quantitative estimate of drug-likeness (QED) is 0.837. The van der Waals surface area contributed by atoms with Crippen LogP contribution in [0, 0.1) is 23.5 Å². The normalized spacial score (nSPS) is 23.2. The molecule has 1 aliphatic rings. The molecule has 1 aromatic carbocycles. The largest absolute Gasteiger partial charge is 0.323 e. The molecule has 0 heterocycles. The zero-order valence-electron chi connectivity index (χ0n) is 10.6. The molecule has 1 N–H and O–H groups in total. The van der Waals surface area contributed by atoms with Gasteiger partial charge in [0.05, 0.1) is 11.6 Å². The Labute approximate surface area is 110 Å². The predicted octanol–water partition coefficient (Wildman–Crippen LogP) is 2.91. The van der Waals surface area contributed by atoms with Gasteiger partial charge in [-0.2, -0.15) is 0 Å². The topological polar surface area (TPSA) is 46.2 Å². The van der Waals surface area contributed by atoms with Crippen molar-refractivity contribution in [3.05, 3.63) is 29.8 Å². The molecular weight excluding hydrogens is 252 g/mol. The van der Waals surface area contributed by atoms with Crippen LogP contribution in [0.5, 0.6) is 0 Å². The number of hydrogen-bond donors (Lipinski definition) is 1. The van der Waals surface area contributed by atoms with Crippen LogP contribution >= 0.6 is 0 Å². The van der Waals surface area contributed by atoms with Gasteiger partial charge in [-0.3, -0.25) is 9.59 Å². The molecule has 1 amide bonds. The summed E-state index contributed by atoms with van der Waals surface area (Å²) in [6.45, 7) is 1.78. The maximum absolute atomic E-state index is 13.4. The lowest BCUT2D eigenvalue weighted by atomic mass is 9.80. The van der Waals surface area contributed by atoms with Gasteiger partial charge in [-0.25, -0.2) is 8.78 Å². The van der Waals surface area contributed by atoms with E-state index in [2.05, 4.69) is 5.32 Å². The molecule has 0 aliphatic heterocycles. The summed E-state index contributed by atoms with van der Waals surface area (Å²) in [4.78, 5) is 23.8.